The average molecular weight is 329 g/mol. The van der Waals surface area contributed by atoms with Gasteiger partial charge in [0.1, 0.15) is 5.75 Å². The second-order valence-electron chi connectivity index (χ2n) is 5.58. The molecule has 6 heteroatoms. The minimum absolute atomic E-state index is 0.114. The summed E-state index contributed by atoms with van der Waals surface area (Å²) in [6.45, 7) is 6.95. The minimum Gasteiger partial charge on any atom is -0.495 e. The number of hydrogen-bond acceptors (Lipinski definition) is 4. The predicted octanol–water partition coefficient (Wildman–Crippen LogP) is 2.77. The lowest BCUT2D eigenvalue weighted by atomic mass is 10.2. The molecule has 22 heavy (non-hydrogen) atoms. The Kier molecular flexibility index (Phi) is 7.65. The molecule has 0 radical (unpaired) electrons. The summed E-state index contributed by atoms with van der Waals surface area (Å²) in [6.07, 6.45) is -0.0842. The van der Waals surface area contributed by atoms with Crippen molar-refractivity contribution in [2.24, 2.45) is 0 Å². The van der Waals surface area contributed by atoms with Gasteiger partial charge >= 0.3 is 0 Å². The number of carbonyl (C=O) groups is 1. The molecule has 124 valence electrons. The average Bonchev–Trinajstić information content (AvgIpc) is 2.43. The van der Waals surface area contributed by atoms with Crippen LogP contribution in [0.5, 0.6) is 5.75 Å². The van der Waals surface area contributed by atoms with Gasteiger partial charge in [-0.25, -0.2) is 0 Å². The monoisotopic (exact) mass is 328 g/mol. The van der Waals surface area contributed by atoms with Crippen molar-refractivity contribution >= 4 is 23.2 Å². The van der Waals surface area contributed by atoms with Gasteiger partial charge in [0.15, 0.2) is 0 Å². The lowest BCUT2D eigenvalue weighted by Gasteiger charge is -2.27. The van der Waals surface area contributed by atoms with E-state index < -0.39 is 6.10 Å². The Hall–Kier alpha value is -1.30. The molecule has 1 rings (SSSR count). The molecule has 0 fully saturated rings. The number of aliphatic hydroxyl groups excluding tert-OH is 1. The number of carbonyl (C=O) groups excluding carboxylic acids is 1. The number of aliphatic hydroxyl groups is 1. The summed E-state index contributed by atoms with van der Waals surface area (Å²) in [7, 11) is 1.54. The molecule has 0 saturated heterocycles. The highest BCUT2D eigenvalue weighted by atomic mass is 35.5. The molecule has 0 aliphatic rings. The Morgan fingerprint density at radius 2 is 2.09 bits per heavy atom. The Bertz CT molecular complexity index is 492. The SMILES string of the molecule is COc1ccc(Cl)cc1NC(=O)CCN(CC(C)O)C(C)C. The Morgan fingerprint density at radius 3 is 2.64 bits per heavy atom. The molecule has 0 spiro atoms. The highest BCUT2D eigenvalue weighted by Crippen LogP contribution is 2.27. The fourth-order valence-corrected chi connectivity index (χ4v) is 2.31. The summed E-state index contributed by atoms with van der Waals surface area (Å²) < 4.78 is 5.20. The zero-order valence-corrected chi connectivity index (χ0v) is 14.4. The summed E-state index contributed by atoms with van der Waals surface area (Å²) in [5.41, 5.74) is 0.562. The number of anilines is 1. The Labute approximate surface area is 137 Å². The van der Waals surface area contributed by atoms with Crippen molar-refractivity contribution < 1.29 is 14.6 Å². The van der Waals surface area contributed by atoms with Crippen molar-refractivity contribution in [2.45, 2.75) is 39.3 Å². The van der Waals surface area contributed by atoms with E-state index >= 15 is 0 Å². The molecular formula is C16H25ClN2O3. The summed E-state index contributed by atoms with van der Waals surface area (Å²) >= 11 is 5.94. The van der Waals surface area contributed by atoms with Gasteiger partial charge in [-0.2, -0.15) is 0 Å². The zero-order valence-electron chi connectivity index (χ0n) is 13.6. The number of amides is 1. The van der Waals surface area contributed by atoms with Crippen LogP contribution in [0.25, 0.3) is 0 Å². The number of methoxy groups -OCH3 is 1. The van der Waals surface area contributed by atoms with Crippen molar-refractivity contribution in [3.05, 3.63) is 23.2 Å². The highest BCUT2D eigenvalue weighted by molar-refractivity contribution is 6.31. The first-order chi connectivity index (χ1) is 10.3. The van der Waals surface area contributed by atoms with Crippen LogP contribution >= 0.6 is 11.6 Å². The quantitative estimate of drug-likeness (QED) is 0.770. The lowest BCUT2D eigenvalue weighted by Crippen LogP contribution is -2.38. The summed E-state index contributed by atoms with van der Waals surface area (Å²) in [4.78, 5) is 14.2. The number of nitrogens with zero attached hydrogens (tertiary/aromatic N) is 1. The van der Waals surface area contributed by atoms with Gasteiger partial charge in [-0.3, -0.25) is 9.69 Å². The first-order valence-electron chi connectivity index (χ1n) is 7.39. The van der Waals surface area contributed by atoms with E-state index in [4.69, 9.17) is 16.3 Å². The molecule has 0 bridgehead atoms. The van der Waals surface area contributed by atoms with Gasteiger partial charge in [-0.1, -0.05) is 11.6 Å². The maximum Gasteiger partial charge on any atom is 0.225 e. The number of halogens is 1. The number of rotatable bonds is 8. The van der Waals surface area contributed by atoms with Crippen LogP contribution in [0.3, 0.4) is 0 Å². The first-order valence-corrected chi connectivity index (χ1v) is 7.76. The fourth-order valence-electron chi connectivity index (χ4n) is 2.14. The van der Waals surface area contributed by atoms with Gasteiger partial charge in [0.25, 0.3) is 0 Å². The highest BCUT2D eigenvalue weighted by Gasteiger charge is 2.15. The van der Waals surface area contributed by atoms with Gasteiger partial charge < -0.3 is 15.2 Å². The van der Waals surface area contributed by atoms with Crippen LogP contribution in [0.4, 0.5) is 5.69 Å². The number of benzene rings is 1. The van der Waals surface area contributed by atoms with Gasteiger partial charge in [0, 0.05) is 30.6 Å². The van der Waals surface area contributed by atoms with E-state index in [1.54, 1.807) is 32.2 Å². The number of nitrogens with one attached hydrogen (secondary N) is 1. The lowest BCUT2D eigenvalue weighted by molar-refractivity contribution is -0.116. The van der Waals surface area contributed by atoms with E-state index in [-0.39, 0.29) is 11.9 Å². The Morgan fingerprint density at radius 1 is 1.41 bits per heavy atom. The van der Waals surface area contributed by atoms with E-state index in [9.17, 15) is 9.90 Å². The van der Waals surface area contributed by atoms with Crippen molar-refractivity contribution in [3.63, 3.8) is 0 Å². The van der Waals surface area contributed by atoms with Crippen molar-refractivity contribution in [2.75, 3.05) is 25.5 Å². The molecule has 5 nitrogen and oxygen atoms in total. The second-order valence-corrected chi connectivity index (χ2v) is 6.02. The largest absolute Gasteiger partial charge is 0.495 e. The maximum absolute atomic E-state index is 12.1. The van der Waals surface area contributed by atoms with E-state index in [2.05, 4.69) is 10.2 Å². The van der Waals surface area contributed by atoms with Crippen LogP contribution in [-0.2, 0) is 4.79 Å². The topological polar surface area (TPSA) is 61.8 Å². The standard InChI is InChI=1S/C16H25ClN2O3/c1-11(2)19(10-12(3)20)8-7-16(21)18-14-9-13(17)5-6-15(14)22-4/h5-6,9,11-12,20H,7-8,10H2,1-4H3,(H,18,21). The molecule has 1 unspecified atom stereocenters. The molecule has 1 atom stereocenters. The maximum atomic E-state index is 12.1. The molecule has 1 aromatic rings. The van der Waals surface area contributed by atoms with Crippen LogP contribution in [0, 0.1) is 0 Å². The molecule has 1 amide bonds. The molecule has 0 aliphatic carbocycles. The molecule has 0 saturated carbocycles. The summed E-state index contributed by atoms with van der Waals surface area (Å²) in [6, 6.07) is 5.35. The predicted molar refractivity (Wildman–Crippen MR) is 89.6 cm³/mol. The molecule has 0 aromatic heterocycles. The van der Waals surface area contributed by atoms with Crippen LogP contribution in [-0.4, -0.2) is 48.3 Å². The normalized spacial score (nSPS) is 12.5. The van der Waals surface area contributed by atoms with E-state index in [1.807, 2.05) is 13.8 Å². The van der Waals surface area contributed by atoms with Gasteiger partial charge in [-0.15, -0.1) is 0 Å². The summed E-state index contributed by atoms with van der Waals surface area (Å²) in [5.74, 6) is 0.458. The van der Waals surface area contributed by atoms with Crippen LogP contribution in [0.2, 0.25) is 5.02 Å². The second kappa shape index (κ2) is 8.98. The van der Waals surface area contributed by atoms with Crippen LogP contribution in [0.1, 0.15) is 27.2 Å². The smallest absolute Gasteiger partial charge is 0.225 e. The first kappa shape index (κ1) is 18.7. The number of ether oxygens (including phenoxy) is 1. The number of hydrogen-bond donors (Lipinski definition) is 2. The minimum atomic E-state index is -0.418. The molecular weight excluding hydrogens is 304 g/mol. The third-order valence-corrected chi connectivity index (χ3v) is 3.53. The van der Waals surface area contributed by atoms with Gasteiger partial charge in [-0.05, 0) is 39.0 Å². The van der Waals surface area contributed by atoms with Gasteiger partial charge in [0.05, 0.1) is 18.9 Å². The van der Waals surface area contributed by atoms with Gasteiger partial charge in [0.2, 0.25) is 5.91 Å². The van der Waals surface area contributed by atoms with E-state index in [0.29, 0.717) is 36.0 Å². The molecule has 0 aliphatic heterocycles. The molecule has 1 aromatic carbocycles. The van der Waals surface area contributed by atoms with E-state index in [0.717, 1.165) is 0 Å². The third-order valence-electron chi connectivity index (χ3n) is 3.29. The fraction of sp³-hybridized carbons (Fsp3) is 0.562. The third kappa shape index (κ3) is 6.22. The molecule has 2 N–H and O–H groups in total. The van der Waals surface area contributed by atoms with Crippen LogP contribution < -0.4 is 10.1 Å². The van der Waals surface area contributed by atoms with Crippen LogP contribution in [0.15, 0.2) is 18.2 Å². The van der Waals surface area contributed by atoms with Crippen molar-refractivity contribution in [3.8, 4) is 5.75 Å². The molecule has 0 heterocycles. The zero-order chi connectivity index (χ0) is 16.7. The van der Waals surface area contributed by atoms with Crippen molar-refractivity contribution in [1.29, 1.82) is 0 Å². The summed E-state index contributed by atoms with van der Waals surface area (Å²) in [5, 5.41) is 12.8. The van der Waals surface area contributed by atoms with Crippen molar-refractivity contribution in [1.82, 2.24) is 4.90 Å². The Balaban J connectivity index is 2.61. The van der Waals surface area contributed by atoms with E-state index in [1.165, 1.54) is 0 Å².